The molecule has 92 valence electrons. The lowest BCUT2D eigenvalue weighted by Crippen LogP contribution is -2.38. The summed E-state index contributed by atoms with van der Waals surface area (Å²) in [4.78, 5) is 22.3. The zero-order valence-corrected chi connectivity index (χ0v) is 9.64. The Hall–Kier alpha value is -1.88. The van der Waals surface area contributed by atoms with Crippen molar-refractivity contribution in [3.8, 4) is 0 Å². The predicted octanol–water partition coefficient (Wildman–Crippen LogP) is 0.538. The summed E-state index contributed by atoms with van der Waals surface area (Å²) in [5.41, 5.74) is 0.629. The molecular weight excluding hydrogens is 220 g/mol. The van der Waals surface area contributed by atoms with Crippen molar-refractivity contribution in [2.45, 2.75) is 13.0 Å². The van der Waals surface area contributed by atoms with Gasteiger partial charge in [0.25, 0.3) is 0 Å². The van der Waals surface area contributed by atoms with E-state index in [1.165, 1.54) is 0 Å². The van der Waals surface area contributed by atoms with Crippen LogP contribution in [0, 0.1) is 0 Å². The maximum atomic E-state index is 11.2. The summed E-state index contributed by atoms with van der Waals surface area (Å²) in [5, 5.41) is 14.4. The normalized spacial score (nSPS) is 11.8. The third-order valence-electron chi connectivity index (χ3n) is 2.22. The second kappa shape index (κ2) is 6.65. The molecule has 17 heavy (non-hydrogen) atoms. The van der Waals surface area contributed by atoms with Crippen molar-refractivity contribution in [3.63, 3.8) is 0 Å². The molecule has 1 aromatic carbocycles. The molecule has 0 radical (unpaired) electrons. The molecule has 0 spiro atoms. The van der Waals surface area contributed by atoms with Crippen LogP contribution in [0.3, 0.4) is 0 Å². The number of carboxylic acid groups (broad SMARTS) is 1. The molecule has 0 bridgehead atoms. The Bertz CT molecular complexity index is 379. The average Bonchev–Trinajstić information content (AvgIpc) is 2.30. The lowest BCUT2D eigenvalue weighted by molar-refractivity contribution is -0.139. The van der Waals surface area contributed by atoms with E-state index in [0.29, 0.717) is 12.1 Å². The third-order valence-corrected chi connectivity index (χ3v) is 2.22. The number of carboxylic acids is 1. The number of amides is 1. The number of hydrogen-bond donors (Lipinski definition) is 3. The number of hydrogen-bond acceptors (Lipinski definition) is 3. The Morgan fingerprint density at radius 3 is 2.47 bits per heavy atom. The Morgan fingerprint density at radius 2 is 1.94 bits per heavy atom. The summed E-state index contributed by atoms with van der Waals surface area (Å²) in [6.45, 7) is 2.33. The molecule has 0 fully saturated rings. The molecule has 0 aliphatic heterocycles. The molecule has 0 heterocycles. The van der Waals surface area contributed by atoms with Crippen LogP contribution in [0.1, 0.15) is 18.5 Å². The van der Waals surface area contributed by atoms with Crippen LogP contribution in [-0.2, 0) is 9.59 Å². The zero-order valence-electron chi connectivity index (χ0n) is 9.64. The van der Waals surface area contributed by atoms with Crippen LogP contribution in [0.25, 0.3) is 0 Å². The van der Waals surface area contributed by atoms with Gasteiger partial charge in [0.1, 0.15) is 6.04 Å². The van der Waals surface area contributed by atoms with E-state index in [0.717, 1.165) is 0 Å². The van der Waals surface area contributed by atoms with Crippen molar-refractivity contribution in [3.05, 3.63) is 35.9 Å². The summed E-state index contributed by atoms with van der Waals surface area (Å²) in [6, 6.07) is 7.90. The van der Waals surface area contributed by atoms with E-state index in [9.17, 15) is 9.59 Å². The lowest BCUT2D eigenvalue weighted by Gasteiger charge is -2.14. The smallest absolute Gasteiger partial charge is 0.325 e. The summed E-state index contributed by atoms with van der Waals surface area (Å²) >= 11 is 0. The van der Waals surface area contributed by atoms with Gasteiger partial charge in [0.05, 0.1) is 6.54 Å². The minimum absolute atomic E-state index is 0.0142. The maximum absolute atomic E-state index is 11.2. The van der Waals surface area contributed by atoms with Gasteiger partial charge in [-0.25, -0.2) is 0 Å². The molecule has 5 heteroatoms. The summed E-state index contributed by atoms with van der Waals surface area (Å²) in [7, 11) is 0. The molecule has 0 saturated carbocycles. The van der Waals surface area contributed by atoms with Gasteiger partial charge < -0.3 is 10.4 Å². The van der Waals surface area contributed by atoms with E-state index in [4.69, 9.17) is 5.11 Å². The zero-order chi connectivity index (χ0) is 12.7. The Morgan fingerprint density at radius 1 is 1.29 bits per heavy atom. The topological polar surface area (TPSA) is 78.4 Å². The van der Waals surface area contributed by atoms with E-state index < -0.39 is 12.0 Å². The fraction of sp³-hybridized carbons (Fsp3) is 0.333. The molecule has 1 amide bonds. The van der Waals surface area contributed by atoms with E-state index in [1.54, 1.807) is 24.3 Å². The second-order valence-electron chi connectivity index (χ2n) is 3.52. The summed E-state index contributed by atoms with van der Waals surface area (Å²) in [6.07, 6.45) is 0. The first-order chi connectivity index (χ1) is 8.15. The van der Waals surface area contributed by atoms with Crippen molar-refractivity contribution in [2.24, 2.45) is 0 Å². The van der Waals surface area contributed by atoms with E-state index in [2.05, 4.69) is 10.6 Å². The van der Waals surface area contributed by atoms with Gasteiger partial charge in [-0.2, -0.15) is 0 Å². The molecule has 0 aliphatic carbocycles. The molecule has 0 saturated heterocycles. The minimum atomic E-state index is -1.000. The van der Waals surface area contributed by atoms with Crippen LogP contribution >= 0.6 is 0 Å². The largest absolute Gasteiger partial charge is 0.480 e. The molecule has 1 atom stereocenters. The van der Waals surface area contributed by atoms with Crippen LogP contribution in [-0.4, -0.2) is 30.1 Å². The van der Waals surface area contributed by atoms with Crippen molar-refractivity contribution in [1.29, 1.82) is 0 Å². The number of carbonyl (C=O) groups excluding carboxylic acids is 1. The number of aliphatic carboxylic acids is 1. The van der Waals surface area contributed by atoms with Crippen molar-refractivity contribution >= 4 is 11.9 Å². The molecule has 1 rings (SSSR count). The fourth-order valence-corrected chi connectivity index (χ4v) is 1.45. The Labute approximate surface area is 99.8 Å². The van der Waals surface area contributed by atoms with Gasteiger partial charge >= 0.3 is 5.97 Å². The van der Waals surface area contributed by atoms with Crippen molar-refractivity contribution in [2.75, 3.05) is 13.1 Å². The summed E-state index contributed by atoms with van der Waals surface area (Å²) in [5.74, 6) is -1.21. The molecular formula is C12H16N2O3. The third kappa shape index (κ3) is 4.24. The fourth-order valence-electron chi connectivity index (χ4n) is 1.45. The van der Waals surface area contributed by atoms with Gasteiger partial charge in [0.2, 0.25) is 5.91 Å². The van der Waals surface area contributed by atoms with Crippen LogP contribution < -0.4 is 10.6 Å². The van der Waals surface area contributed by atoms with Gasteiger partial charge in [0, 0.05) is 6.54 Å². The average molecular weight is 236 g/mol. The molecule has 0 aromatic heterocycles. The van der Waals surface area contributed by atoms with Crippen LogP contribution in [0.5, 0.6) is 0 Å². The Balaban J connectivity index is 2.62. The second-order valence-corrected chi connectivity index (χ2v) is 3.52. The van der Waals surface area contributed by atoms with E-state index in [-0.39, 0.29) is 12.5 Å². The highest BCUT2D eigenvalue weighted by atomic mass is 16.4. The van der Waals surface area contributed by atoms with E-state index in [1.807, 2.05) is 13.0 Å². The lowest BCUT2D eigenvalue weighted by atomic mass is 10.1. The van der Waals surface area contributed by atoms with Gasteiger partial charge in [-0.3, -0.25) is 14.9 Å². The molecule has 1 aromatic rings. The van der Waals surface area contributed by atoms with Crippen molar-refractivity contribution in [1.82, 2.24) is 10.6 Å². The minimum Gasteiger partial charge on any atom is -0.480 e. The quantitative estimate of drug-likeness (QED) is 0.673. The SMILES string of the molecule is CCNC(=O)CNC(C(=O)O)c1ccccc1. The number of likely N-dealkylation sites (N-methyl/N-ethyl adjacent to an activating group) is 1. The monoisotopic (exact) mass is 236 g/mol. The molecule has 1 unspecified atom stereocenters. The van der Waals surface area contributed by atoms with Gasteiger partial charge in [-0.05, 0) is 12.5 Å². The highest BCUT2D eigenvalue weighted by Crippen LogP contribution is 2.11. The number of carbonyl (C=O) groups is 2. The maximum Gasteiger partial charge on any atom is 0.325 e. The first-order valence-corrected chi connectivity index (χ1v) is 5.43. The first-order valence-electron chi connectivity index (χ1n) is 5.43. The van der Waals surface area contributed by atoms with Crippen molar-refractivity contribution < 1.29 is 14.7 Å². The standard InChI is InChI=1S/C12H16N2O3/c1-2-13-10(15)8-14-11(12(16)17)9-6-4-3-5-7-9/h3-7,11,14H,2,8H2,1H3,(H,13,15)(H,16,17). The van der Waals surface area contributed by atoms with Crippen LogP contribution in [0.2, 0.25) is 0 Å². The Kier molecular flexibility index (Phi) is 5.16. The molecule has 3 N–H and O–H groups in total. The van der Waals surface area contributed by atoms with Crippen LogP contribution in [0.15, 0.2) is 30.3 Å². The van der Waals surface area contributed by atoms with Gasteiger partial charge in [-0.15, -0.1) is 0 Å². The highest BCUT2D eigenvalue weighted by molar-refractivity contribution is 5.80. The summed E-state index contributed by atoms with van der Waals surface area (Å²) < 4.78 is 0. The highest BCUT2D eigenvalue weighted by Gasteiger charge is 2.19. The van der Waals surface area contributed by atoms with Gasteiger partial charge in [-0.1, -0.05) is 30.3 Å². The molecule has 0 aliphatic rings. The predicted molar refractivity (Wildman–Crippen MR) is 63.5 cm³/mol. The van der Waals surface area contributed by atoms with E-state index >= 15 is 0 Å². The number of nitrogens with one attached hydrogen (secondary N) is 2. The molecule has 5 nitrogen and oxygen atoms in total. The first kappa shape index (κ1) is 13.2. The van der Waals surface area contributed by atoms with Gasteiger partial charge in [0.15, 0.2) is 0 Å². The number of rotatable bonds is 6. The number of benzene rings is 1. The van der Waals surface area contributed by atoms with Crippen LogP contribution in [0.4, 0.5) is 0 Å².